The molecule has 0 bridgehead atoms. The van der Waals surface area contributed by atoms with Gasteiger partial charge in [-0.2, -0.15) is 0 Å². The molecule has 0 aromatic rings. The number of carbonyl (C=O) groups is 1. The monoisotopic (exact) mass is 274 g/mol. The minimum atomic E-state index is 0. The van der Waals surface area contributed by atoms with Crippen molar-refractivity contribution in [3.63, 3.8) is 0 Å². The second-order valence-electron chi connectivity index (χ2n) is 5.63. The first-order valence-electron chi connectivity index (χ1n) is 7.34. The van der Waals surface area contributed by atoms with E-state index >= 15 is 0 Å². The summed E-state index contributed by atoms with van der Waals surface area (Å²) in [5.74, 6) is 1.06. The number of hydrogen-bond acceptors (Lipinski definition) is 2. The zero-order valence-electron chi connectivity index (χ0n) is 11.2. The van der Waals surface area contributed by atoms with Crippen molar-refractivity contribution in [2.75, 3.05) is 13.1 Å². The first kappa shape index (κ1) is 15.8. The molecule has 1 heterocycles. The standard InChI is InChI=1S/C14H26N2O.ClH/c17-14(16-13-4-2-1-3-5-13)7-6-12-8-10-15-11-9-12;/h12-13,15H,1-11H2,(H,16,17);1H. The fourth-order valence-electron chi connectivity index (χ4n) is 3.05. The van der Waals surface area contributed by atoms with E-state index in [1.807, 2.05) is 0 Å². The van der Waals surface area contributed by atoms with Gasteiger partial charge >= 0.3 is 0 Å². The van der Waals surface area contributed by atoms with Gasteiger partial charge in [0.15, 0.2) is 0 Å². The van der Waals surface area contributed by atoms with Gasteiger partial charge in [-0.3, -0.25) is 4.79 Å². The first-order valence-corrected chi connectivity index (χ1v) is 7.34. The number of nitrogens with one attached hydrogen (secondary N) is 2. The Morgan fingerprint density at radius 1 is 1.06 bits per heavy atom. The fourth-order valence-corrected chi connectivity index (χ4v) is 3.05. The quantitative estimate of drug-likeness (QED) is 0.828. The van der Waals surface area contributed by atoms with E-state index < -0.39 is 0 Å². The van der Waals surface area contributed by atoms with Gasteiger partial charge in [0.1, 0.15) is 0 Å². The first-order chi connectivity index (χ1) is 8.34. The number of rotatable bonds is 4. The summed E-state index contributed by atoms with van der Waals surface area (Å²) in [6.45, 7) is 2.27. The van der Waals surface area contributed by atoms with Crippen LogP contribution >= 0.6 is 12.4 Å². The summed E-state index contributed by atoms with van der Waals surface area (Å²) in [7, 11) is 0. The highest BCUT2D eigenvalue weighted by Gasteiger charge is 2.17. The van der Waals surface area contributed by atoms with Gasteiger partial charge in [0.25, 0.3) is 0 Å². The highest BCUT2D eigenvalue weighted by Crippen LogP contribution is 2.19. The molecule has 1 saturated heterocycles. The third-order valence-corrected chi connectivity index (χ3v) is 4.21. The molecule has 1 amide bonds. The molecule has 18 heavy (non-hydrogen) atoms. The van der Waals surface area contributed by atoms with Crippen LogP contribution in [0.15, 0.2) is 0 Å². The summed E-state index contributed by atoms with van der Waals surface area (Å²) in [6.07, 6.45) is 10.6. The van der Waals surface area contributed by atoms with Crippen LogP contribution in [-0.4, -0.2) is 25.0 Å². The molecule has 2 fully saturated rings. The van der Waals surface area contributed by atoms with E-state index in [0.29, 0.717) is 6.04 Å². The summed E-state index contributed by atoms with van der Waals surface area (Å²) in [5, 5.41) is 6.57. The number of amides is 1. The van der Waals surface area contributed by atoms with Gasteiger partial charge in [0.05, 0.1) is 0 Å². The van der Waals surface area contributed by atoms with Crippen molar-refractivity contribution >= 4 is 18.3 Å². The average molecular weight is 275 g/mol. The molecule has 106 valence electrons. The lowest BCUT2D eigenvalue weighted by Gasteiger charge is -2.24. The number of carbonyl (C=O) groups excluding carboxylic acids is 1. The zero-order valence-corrected chi connectivity index (χ0v) is 12.1. The lowest BCUT2D eigenvalue weighted by Crippen LogP contribution is -2.36. The van der Waals surface area contributed by atoms with Crippen molar-refractivity contribution in [1.29, 1.82) is 0 Å². The van der Waals surface area contributed by atoms with E-state index in [0.717, 1.165) is 31.8 Å². The molecule has 4 heteroatoms. The molecular formula is C14H27ClN2O. The normalized spacial score (nSPS) is 22.2. The Kier molecular flexibility index (Phi) is 7.68. The molecular weight excluding hydrogens is 248 g/mol. The van der Waals surface area contributed by atoms with Crippen LogP contribution in [0.1, 0.15) is 57.8 Å². The molecule has 3 nitrogen and oxygen atoms in total. The molecule has 0 spiro atoms. The van der Waals surface area contributed by atoms with Gasteiger partial charge in [-0.05, 0) is 51.1 Å². The third kappa shape index (κ3) is 5.57. The van der Waals surface area contributed by atoms with Crippen LogP contribution in [0.2, 0.25) is 0 Å². The maximum Gasteiger partial charge on any atom is 0.220 e. The van der Waals surface area contributed by atoms with E-state index in [1.54, 1.807) is 0 Å². The summed E-state index contributed by atoms with van der Waals surface area (Å²) in [5.41, 5.74) is 0. The maximum absolute atomic E-state index is 11.8. The molecule has 0 aromatic heterocycles. The van der Waals surface area contributed by atoms with Gasteiger partial charge in [0.2, 0.25) is 5.91 Å². The Bertz CT molecular complexity index is 236. The fraction of sp³-hybridized carbons (Fsp3) is 0.929. The Labute approximate surface area is 117 Å². The van der Waals surface area contributed by atoms with Crippen LogP contribution < -0.4 is 10.6 Å². The molecule has 0 unspecified atom stereocenters. The topological polar surface area (TPSA) is 41.1 Å². The molecule has 0 atom stereocenters. The largest absolute Gasteiger partial charge is 0.353 e. The smallest absolute Gasteiger partial charge is 0.220 e. The van der Waals surface area contributed by atoms with Crippen molar-refractivity contribution < 1.29 is 4.79 Å². The second-order valence-corrected chi connectivity index (χ2v) is 5.63. The Morgan fingerprint density at radius 3 is 2.39 bits per heavy atom. The van der Waals surface area contributed by atoms with Crippen molar-refractivity contribution in [3.8, 4) is 0 Å². The van der Waals surface area contributed by atoms with Gasteiger partial charge in [-0.15, -0.1) is 12.4 Å². The zero-order chi connectivity index (χ0) is 11.9. The predicted octanol–water partition coefficient (Wildman–Crippen LogP) is 2.64. The predicted molar refractivity (Wildman–Crippen MR) is 77.1 cm³/mol. The second kappa shape index (κ2) is 8.76. The summed E-state index contributed by atoms with van der Waals surface area (Å²) >= 11 is 0. The van der Waals surface area contributed by atoms with Crippen LogP contribution in [0, 0.1) is 5.92 Å². The van der Waals surface area contributed by atoms with Crippen LogP contribution in [0.5, 0.6) is 0 Å². The average Bonchev–Trinajstić information content (AvgIpc) is 2.39. The van der Waals surface area contributed by atoms with Crippen LogP contribution in [-0.2, 0) is 4.79 Å². The van der Waals surface area contributed by atoms with E-state index in [9.17, 15) is 4.79 Å². The molecule has 1 saturated carbocycles. The Balaban J connectivity index is 0.00000162. The van der Waals surface area contributed by atoms with E-state index in [-0.39, 0.29) is 18.3 Å². The summed E-state index contributed by atoms with van der Waals surface area (Å²) in [4.78, 5) is 11.8. The maximum atomic E-state index is 11.8. The van der Waals surface area contributed by atoms with Gasteiger partial charge in [0, 0.05) is 12.5 Å². The highest BCUT2D eigenvalue weighted by molar-refractivity contribution is 5.85. The molecule has 1 aliphatic carbocycles. The van der Waals surface area contributed by atoms with Crippen LogP contribution in [0.25, 0.3) is 0 Å². The SMILES string of the molecule is Cl.O=C(CCC1CCNCC1)NC1CCCCC1. The molecule has 2 rings (SSSR count). The third-order valence-electron chi connectivity index (χ3n) is 4.21. The van der Waals surface area contributed by atoms with Crippen molar-refractivity contribution in [2.24, 2.45) is 5.92 Å². The van der Waals surface area contributed by atoms with Gasteiger partial charge in [-0.1, -0.05) is 19.3 Å². The lowest BCUT2D eigenvalue weighted by molar-refractivity contribution is -0.122. The number of hydrogen-bond donors (Lipinski definition) is 2. The molecule has 2 N–H and O–H groups in total. The van der Waals surface area contributed by atoms with Gasteiger partial charge in [-0.25, -0.2) is 0 Å². The lowest BCUT2D eigenvalue weighted by atomic mass is 9.92. The van der Waals surface area contributed by atoms with E-state index in [2.05, 4.69) is 10.6 Å². The van der Waals surface area contributed by atoms with E-state index in [1.165, 1.54) is 44.9 Å². The van der Waals surface area contributed by atoms with Crippen LogP contribution in [0.3, 0.4) is 0 Å². The minimum Gasteiger partial charge on any atom is -0.353 e. The van der Waals surface area contributed by atoms with Crippen molar-refractivity contribution in [2.45, 2.75) is 63.8 Å². The van der Waals surface area contributed by atoms with E-state index in [4.69, 9.17) is 0 Å². The number of halogens is 1. The Morgan fingerprint density at radius 2 is 1.72 bits per heavy atom. The van der Waals surface area contributed by atoms with Gasteiger partial charge < -0.3 is 10.6 Å². The molecule has 1 aliphatic heterocycles. The molecule has 2 aliphatic rings. The molecule has 0 aromatic carbocycles. The number of piperidine rings is 1. The summed E-state index contributed by atoms with van der Waals surface area (Å²) in [6, 6.07) is 0.476. The highest BCUT2D eigenvalue weighted by atomic mass is 35.5. The Hall–Kier alpha value is -0.280. The minimum absolute atomic E-state index is 0. The van der Waals surface area contributed by atoms with Crippen molar-refractivity contribution in [1.82, 2.24) is 10.6 Å². The van der Waals surface area contributed by atoms with Crippen LogP contribution in [0.4, 0.5) is 0 Å². The summed E-state index contributed by atoms with van der Waals surface area (Å²) < 4.78 is 0. The molecule has 0 radical (unpaired) electrons. The van der Waals surface area contributed by atoms with Crippen molar-refractivity contribution in [3.05, 3.63) is 0 Å².